The van der Waals surface area contributed by atoms with Crippen molar-refractivity contribution in [3.8, 4) is 5.75 Å². The van der Waals surface area contributed by atoms with E-state index < -0.39 is 17.3 Å². The number of amides is 2. The van der Waals surface area contributed by atoms with Crippen LogP contribution in [0.2, 0.25) is 0 Å². The number of allylic oxidation sites excluding steroid dienone is 3. The molecule has 3 atom stereocenters. The van der Waals surface area contributed by atoms with E-state index in [0.717, 1.165) is 22.3 Å². The van der Waals surface area contributed by atoms with E-state index in [1.807, 2.05) is 86.7 Å². The summed E-state index contributed by atoms with van der Waals surface area (Å²) in [5.74, 6) is -1.38. The van der Waals surface area contributed by atoms with Gasteiger partial charge in [0.05, 0.1) is 17.0 Å². The van der Waals surface area contributed by atoms with Gasteiger partial charge in [0.2, 0.25) is 0 Å². The highest BCUT2D eigenvalue weighted by atomic mass is 16.3. The summed E-state index contributed by atoms with van der Waals surface area (Å²) >= 11 is 0. The smallest absolute Gasteiger partial charge is 0.260 e. The zero-order chi connectivity index (χ0) is 24.7. The Labute approximate surface area is 205 Å². The van der Waals surface area contributed by atoms with Gasteiger partial charge >= 0.3 is 0 Å². The maximum Gasteiger partial charge on any atom is 0.260 e. The topological polar surface area (TPSA) is 69.6 Å². The molecule has 5 heteroatoms. The number of imide groups is 1. The molecule has 3 aromatic carbocycles. The molecule has 0 bridgehead atoms. The Balaban J connectivity index is 1.72. The number of fused-ring (bicyclic) bond motifs is 1. The molecule has 1 fully saturated rings. The largest absolute Gasteiger partial charge is 0.508 e. The number of hydrogen-bond acceptors (Lipinski definition) is 4. The molecular weight excluding hydrogens is 436 g/mol. The Hall–Kier alpha value is -4.12. The molecule has 1 aliphatic carbocycles. The van der Waals surface area contributed by atoms with Crippen molar-refractivity contribution in [3.05, 3.63) is 119 Å². The molecule has 2 amide bonds. The van der Waals surface area contributed by atoms with E-state index in [1.54, 1.807) is 12.1 Å². The third-order valence-corrected chi connectivity index (χ3v) is 7.34. The van der Waals surface area contributed by atoms with Gasteiger partial charge in [-0.1, -0.05) is 78.9 Å². The first-order valence-corrected chi connectivity index (χ1v) is 11.8. The van der Waals surface area contributed by atoms with Crippen LogP contribution in [0.3, 0.4) is 0 Å². The van der Waals surface area contributed by atoms with E-state index in [2.05, 4.69) is 12.0 Å². The molecule has 0 spiro atoms. The lowest BCUT2D eigenvalue weighted by Gasteiger charge is -2.43. The molecule has 3 unspecified atom stereocenters. The molecule has 2 N–H and O–H groups in total. The van der Waals surface area contributed by atoms with E-state index in [9.17, 15) is 14.7 Å². The highest BCUT2D eigenvalue weighted by Crippen LogP contribution is 2.57. The number of rotatable bonds is 5. The predicted molar refractivity (Wildman–Crippen MR) is 137 cm³/mol. The number of benzene rings is 3. The molecule has 5 rings (SSSR count). The summed E-state index contributed by atoms with van der Waals surface area (Å²) in [5, 5.41) is 11.4. The van der Waals surface area contributed by atoms with Crippen LogP contribution in [0, 0.1) is 19.8 Å². The first-order chi connectivity index (χ1) is 16.9. The van der Waals surface area contributed by atoms with E-state index in [1.165, 1.54) is 5.01 Å². The van der Waals surface area contributed by atoms with Crippen molar-refractivity contribution in [3.63, 3.8) is 0 Å². The number of hydrazine groups is 1. The van der Waals surface area contributed by atoms with Gasteiger partial charge < -0.3 is 5.11 Å². The van der Waals surface area contributed by atoms with E-state index in [-0.39, 0.29) is 17.6 Å². The lowest BCUT2D eigenvalue weighted by molar-refractivity contribution is -0.138. The molecule has 3 aromatic rings. The zero-order valence-corrected chi connectivity index (χ0v) is 19.9. The average molecular weight is 465 g/mol. The monoisotopic (exact) mass is 464 g/mol. The fraction of sp³-hybridized carbons (Fsp3) is 0.200. The Morgan fingerprint density at radius 3 is 2.40 bits per heavy atom. The Kier molecular flexibility index (Phi) is 5.56. The van der Waals surface area contributed by atoms with Gasteiger partial charge in [0.15, 0.2) is 0 Å². The summed E-state index contributed by atoms with van der Waals surface area (Å²) in [5.41, 5.74) is 6.96. The van der Waals surface area contributed by atoms with Crippen LogP contribution in [0.25, 0.3) is 0 Å². The molecular formula is C30H28N2O3. The van der Waals surface area contributed by atoms with Crippen LogP contribution >= 0.6 is 0 Å². The summed E-state index contributed by atoms with van der Waals surface area (Å²) in [6.07, 6.45) is 4.23. The summed E-state index contributed by atoms with van der Waals surface area (Å²) in [6, 6.07) is 22.6. The number of hydrogen-bond donors (Lipinski definition) is 2. The van der Waals surface area contributed by atoms with Crippen LogP contribution in [-0.4, -0.2) is 21.9 Å². The molecule has 35 heavy (non-hydrogen) atoms. The van der Waals surface area contributed by atoms with Gasteiger partial charge in [-0.15, -0.1) is 0 Å². The van der Waals surface area contributed by atoms with Crippen molar-refractivity contribution in [2.75, 3.05) is 5.43 Å². The molecule has 1 aliphatic heterocycles. The molecule has 0 saturated carbocycles. The number of carbonyl (C=O) groups is 2. The van der Waals surface area contributed by atoms with Crippen molar-refractivity contribution < 1.29 is 14.7 Å². The Bertz CT molecular complexity index is 1340. The van der Waals surface area contributed by atoms with Crippen molar-refractivity contribution in [2.45, 2.75) is 31.6 Å². The molecule has 1 saturated heterocycles. The van der Waals surface area contributed by atoms with Gasteiger partial charge in [0.25, 0.3) is 11.8 Å². The lowest BCUT2D eigenvalue weighted by Crippen LogP contribution is -2.48. The molecule has 1 heterocycles. The van der Waals surface area contributed by atoms with Gasteiger partial charge in [0, 0.05) is 5.92 Å². The van der Waals surface area contributed by atoms with Crippen molar-refractivity contribution in [2.24, 2.45) is 5.92 Å². The Morgan fingerprint density at radius 2 is 1.74 bits per heavy atom. The number of phenols is 1. The SMILES string of the molecule is C=CC1=CCC2C(=O)N(Nc3ccc(C)cc3)C(=O)C2(c2ccccc2)C1c1ccc(O)c(C)c1. The number of nitrogens with one attached hydrogen (secondary N) is 1. The van der Waals surface area contributed by atoms with Gasteiger partial charge in [-0.05, 0) is 60.7 Å². The second-order valence-corrected chi connectivity index (χ2v) is 9.37. The van der Waals surface area contributed by atoms with E-state index in [0.29, 0.717) is 17.7 Å². The van der Waals surface area contributed by atoms with Crippen molar-refractivity contribution in [1.82, 2.24) is 5.01 Å². The van der Waals surface area contributed by atoms with Crippen LogP contribution in [-0.2, 0) is 15.0 Å². The number of aryl methyl sites for hydroxylation is 2. The van der Waals surface area contributed by atoms with Crippen LogP contribution in [0.15, 0.2) is 97.1 Å². The van der Waals surface area contributed by atoms with E-state index >= 15 is 0 Å². The summed E-state index contributed by atoms with van der Waals surface area (Å²) in [6.45, 7) is 7.85. The maximum atomic E-state index is 14.5. The summed E-state index contributed by atoms with van der Waals surface area (Å²) < 4.78 is 0. The first-order valence-electron chi connectivity index (χ1n) is 11.8. The summed E-state index contributed by atoms with van der Waals surface area (Å²) in [7, 11) is 0. The maximum absolute atomic E-state index is 14.5. The molecule has 0 radical (unpaired) electrons. The average Bonchev–Trinajstić information content (AvgIpc) is 3.09. The highest BCUT2D eigenvalue weighted by molar-refractivity contribution is 6.12. The molecule has 5 nitrogen and oxygen atoms in total. The van der Waals surface area contributed by atoms with Crippen LogP contribution in [0.4, 0.5) is 5.69 Å². The minimum absolute atomic E-state index is 0.190. The Morgan fingerprint density at radius 1 is 1.03 bits per heavy atom. The van der Waals surface area contributed by atoms with Crippen molar-refractivity contribution >= 4 is 17.5 Å². The van der Waals surface area contributed by atoms with Crippen LogP contribution < -0.4 is 5.43 Å². The standard InChI is InChI=1S/C30H28N2O3/c1-4-21-12-16-25-28(34)32(31-24-14-10-19(2)11-15-24)29(35)30(25,23-8-6-5-7-9-23)27(21)22-13-17-26(33)20(3)18-22/h4-15,17-18,25,27,31,33H,1,16H2,2-3H3. The number of anilines is 1. The van der Waals surface area contributed by atoms with Gasteiger partial charge in [-0.3, -0.25) is 15.0 Å². The van der Waals surface area contributed by atoms with Gasteiger partial charge in [-0.25, -0.2) is 0 Å². The van der Waals surface area contributed by atoms with Crippen molar-refractivity contribution in [1.29, 1.82) is 0 Å². The zero-order valence-electron chi connectivity index (χ0n) is 19.9. The van der Waals surface area contributed by atoms with E-state index in [4.69, 9.17) is 0 Å². The molecule has 0 aromatic heterocycles. The fourth-order valence-corrected chi connectivity index (χ4v) is 5.61. The normalized spacial score (nSPS) is 23.6. The van der Waals surface area contributed by atoms with Gasteiger partial charge in [0.1, 0.15) is 5.75 Å². The van der Waals surface area contributed by atoms with Crippen LogP contribution in [0.5, 0.6) is 5.75 Å². The highest BCUT2D eigenvalue weighted by Gasteiger charge is 2.65. The third-order valence-electron chi connectivity index (χ3n) is 7.34. The predicted octanol–water partition coefficient (Wildman–Crippen LogP) is 5.56. The number of phenolic OH excluding ortho intramolecular Hbond substituents is 1. The second kappa shape index (κ2) is 8.58. The number of carbonyl (C=O) groups excluding carboxylic acids is 2. The van der Waals surface area contributed by atoms with Crippen LogP contribution in [0.1, 0.15) is 34.6 Å². The quantitative estimate of drug-likeness (QED) is 0.485. The van der Waals surface area contributed by atoms with Gasteiger partial charge in [-0.2, -0.15) is 5.01 Å². The third kappa shape index (κ3) is 3.46. The fourth-order valence-electron chi connectivity index (χ4n) is 5.61. The number of nitrogens with zero attached hydrogens (tertiary/aromatic N) is 1. The first kappa shape index (κ1) is 22.7. The lowest BCUT2D eigenvalue weighted by atomic mass is 9.56. The molecule has 176 valence electrons. The number of aromatic hydroxyl groups is 1. The summed E-state index contributed by atoms with van der Waals surface area (Å²) in [4.78, 5) is 28.3. The minimum Gasteiger partial charge on any atom is -0.508 e. The molecule has 2 aliphatic rings. The second-order valence-electron chi connectivity index (χ2n) is 9.37. The minimum atomic E-state index is -1.16.